The molecule has 0 bridgehead atoms. The van der Waals surface area contributed by atoms with Crippen molar-refractivity contribution in [3.8, 4) is 17.2 Å². The second-order valence-corrected chi connectivity index (χ2v) is 10.2. The second-order valence-electron chi connectivity index (χ2n) is 8.28. The quantitative estimate of drug-likeness (QED) is 0.368. The van der Waals surface area contributed by atoms with Crippen LogP contribution in [-0.2, 0) is 18.0 Å². The number of rotatable bonds is 5. The Labute approximate surface area is 189 Å². The number of benzene rings is 1. The summed E-state index contributed by atoms with van der Waals surface area (Å²) in [5.41, 5.74) is 3.44. The highest BCUT2D eigenvalue weighted by molar-refractivity contribution is 7.91. The van der Waals surface area contributed by atoms with Gasteiger partial charge in [-0.2, -0.15) is 5.10 Å². The van der Waals surface area contributed by atoms with Crippen molar-refractivity contribution in [2.24, 2.45) is 4.40 Å². The van der Waals surface area contributed by atoms with Gasteiger partial charge < -0.3 is 9.66 Å². The van der Waals surface area contributed by atoms with Crippen molar-refractivity contribution in [1.29, 1.82) is 0 Å². The first-order chi connectivity index (χ1) is 15.3. The third kappa shape index (κ3) is 4.55. The summed E-state index contributed by atoms with van der Waals surface area (Å²) in [6.45, 7) is 7.31. The highest BCUT2D eigenvalue weighted by atomic mass is 32.2. The molecule has 0 radical (unpaired) electrons. The summed E-state index contributed by atoms with van der Waals surface area (Å²) in [7, 11) is 0. The van der Waals surface area contributed by atoms with Gasteiger partial charge in [0.05, 0.1) is 29.7 Å². The maximum Gasteiger partial charge on any atom is 0.159 e. The minimum Gasteiger partial charge on any atom is -0.591 e. The van der Waals surface area contributed by atoms with Gasteiger partial charge in [-0.25, -0.2) is 19.6 Å². The summed E-state index contributed by atoms with van der Waals surface area (Å²) in [6, 6.07) is 13.0. The van der Waals surface area contributed by atoms with Crippen LogP contribution in [0.4, 0.5) is 0 Å². The van der Waals surface area contributed by atoms with Crippen molar-refractivity contribution >= 4 is 28.0 Å². The molecule has 0 amide bonds. The van der Waals surface area contributed by atoms with E-state index in [1.54, 1.807) is 36.1 Å². The molecule has 9 heteroatoms. The summed E-state index contributed by atoms with van der Waals surface area (Å²) in [6.07, 6.45) is 3.44. The van der Waals surface area contributed by atoms with Gasteiger partial charge in [0.2, 0.25) is 0 Å². The lowest BCUT2D eigenvalue weighted by Crippen LogP contribution is -2.26. The van der Waals surface area contributed by atoms with E-state index in [2.05, 4.69) is 24.4 Å². The van der Waals surface area contributed by atoms with Crippen molar-refractivity contribution in [1.82, 2.24) is 24.7 Å². The van der Waals surface area contributed by atoms with Crippen molar-refractivity contribution in [3.63, 3.8) is 0 Å². The lowest BCUT2D eigenvalue weighted by molar-refractivity contribution is 0.276. The molecule has 0 aliphatic carbocycles. The molecule has 0 aliphatic heterocycles. The molecule has 1 unspecified atom stereocenters. The first-order valence-electron chi connectivity index (χ1n) is 10.1. The molecule has 0 fully saturated rings. The molecule has 1 aromatic carbocycles. The SMILES string of the molecule is CC(=N[S+]([O-])C(C)(C)C)c1ccnc(-c2ccc3cnn(-c4cccc(CO)n4)c3c2)n1. The molecule has 32 heavy (non-hydrogen) atoms. The fourth-order valence-electron chi connectivity index (χ4n) is 3.02. The zero-order chi connectivity index (χ0) is 22.9. The first kappa shape index (κ1) is 22.1. The van der Waals surface area contributed by atoms with Crippen LogP contribution in [0.25, 0.3) is 28.1 Å². The van der Waals surface area contributed by atoms with Crippen LogP contribution >= 0.6 is 0 Å². The molecular weight excluding hydrogens is 424 g/mol. The number of aliphatic hydroxyl groups excluding tert-OH is 1. The van der Waals surface area contributed by atoms with Crippen molar-refractivity contribution < 1.29 is 9.66 Å². The molecule has 1 atom stereocenters. The van der Waals surface area contributed by atoms with Gasteiger partial charge in [-0.15, -0.1) is 0 Å². The summed E-state index contributed by atoms with van der Waals surface area (Å²) in [5.74, 6) is 1.15. The van der Waals surface area contributed by atoms with Gasteiger partial charge in [-0.1, -0.05) is 22.6 Å². The fraction of sp³-hybridized carbons (Fsp3) is 0.261. The number of fused-ring (bicyclic) bond motifs is 1. The molecular formula is C23H24N6O2S. The van der Waals surface area contributed by atoms with E-state index in [-0.39, 0.29) is 6.61 Å². The van der Waals surface area contributed by atoms with Crippen molar-refractivity contribution in [3.05, 3.63) is 66.2 Å². The minimum absolute atomic E-state index is 0.139. The third-order valence-corrected chi connectivity index (χ3v) is 6.26. The lowest BCUT2D eigenvalue weighted by atomic mass is 10.1. The Balaban J connectivity index is 1.73. The highest BCUT2D eigenvalue weighted by Crippen LogP contribution is 2.24. The predicted molar refractivity (Wildman–Crippen MR) is 126 cm³/mol. The van der Waals surface area contributed by atoms with Gasteiger partial charge in [-0.05, 0) is 52.0 Å². The number of pyridine rings is 1. The van der Waals surface area contributed by atoms with E-state index in [0.717, 1.165) is 16.5 Å². The van der Waals surface area contributed by atoms with Gasteiger partial charge in [-0.3, -0.25) is 0 Å². The van der Waals surface area contributed by atoms with Gasteiger partial charge in [0.25, 0.3) is 0 Å². The zero-order valence-electron chi connectivity index (χ0n) is 18.4. The number of nitrogens with zero attached hydrogens (tertiary/aromatic N) is 6. The van der Waals surface area contributed by atoms with Gasteiger partial charge >= 0.3 is 0 Å². The van der Waals surface area contributed by atoms with Crippen LogP contribution in [0.3, 0.4) is 0 Å². The molecule has 3 aromatic heterocycles. The predicted octanol–water partition coefficient (Wildman–Crippen LogP) is 3.64. The van der Waals surface area contributed by atoms with E-state index in [1.165, 1.54) is 0 Å². The largest absolute Gasteiger partial charge is 0.591 e. The van der Waals surface area contributed by atoms with Crippen LogP contribution in [0.5, 0.6) is 0 Å². The molecule has 4 rings (SSSR count). The fourth-order valence-corrected chi connectivity index (χ4v) is 3.64. The van der Waals surface area contributed by atoms with Crippen LogP contribution < -0.4 is 0 Å². The molecule has 0 spiro atoms. The van der Waals surface area contributed by atoms with Crippen LogP contribution in [0.2, 0.25) is 0 Å². The average molecular weight is 449 g/mol. The number of aromatic nitrogens is 5. The lowest BCUT2D eigenvalue weighted by Gasteiger charge is -2.18. The Morgan fingerprint density at radius 3 is 2.72 bits per heavy atom. The molecule has 164 valence electrons. The monoisotopic (exact) mass is 448 g/mol. The Hall–Kier alpha value is -3.14. The van der Waals surface area contributed by atoms with Crippen LogP contribution in [0.1, 0.15) is 39.1 Å². The molecule has 1 N–H and O–H groups in total. The minimum atomic E-state index is -1.37. The molecule has 4 aromatic rings. The smallest absolute Gasteiger partial charge is 0.159 e. The Bertz CT molecular complexity index is 1300. The molecule has 0 aliphatic rings. The summed E-state index contributed by atoms with van der Waals surface area (Å²) >= 11 is -1.37. The number of hydrogen-bond donors (Lipinski definition) is 1. The number of hydrogen-bond acceptors (Lipinski definition) is 7. The van der Waals surface area contributed by atoms with E-state index in [9.17, 15) is 9.66 Å². The summed E-state index contributed by atoms with van der Waals surface area (Å²) in [5, 5.41) is 14.8. The van der Waals surface area contributed by atoms with Crippen LogP contribution in [-0.4, -0.2) is 44.9 Å². The van der Waals surface area contributed by atoms with Crippen LogP contribution in [0.15, 0.2) is 59.3 Å². The standard InChI is InChI=1S/C23H24N6O2S/c1-15(28-32(31)23(2,3)4)19-10-11-24-22(27-19)16-8-9-17-13-25-29(20(17)12-16)21-7-5-6-18(14-30)26-21/h5-13,30H,14H2,1-4H3. The molecule has 3 heterocycles. The second kappa shape index (κ2) is 8.78. The summed E-state index contributed by atoms with van der Waals surface area (Å²) in [4.78, 5) is 13.5. The topological polar surface area (TPSA) is 112 Å². The Morgan fingerprint density at radius 2 is 1.97 bits per heavy atom. The zero-order valence-corrected chi connectivity index (χ0v) is 19.2. The normalized spacial score (nSPS) is 13.5. The Morgan fingerprint density at radius 1 is 1.16 bits per heavy atom. The van der Waals surface area contributed by atoms with Gasteiger partial charge in [0, 0.05) is 17.1 Å². The van der Waals surface area contributed by atoms with Gasteiger partial charge in [0.15, 0.2) is 11.6 Å². The maximum atomic E-state index is 12.4. The highest BCUT2D eigenvalue weighted by Gasteiger charge is 2.27. The third-order valence-electron chi connectivity index (χ3n) is 4.77. The van der Waals surface area contributed by atoms with E-state index in [0.29, 0.717) is 28.7 Å². The van der Waals surface area contributed by atoms with E-state index >= 15 is 0 Å². The molecule has 8 nitrogen and oxygen atoms in total. The van der Waals surface area contributed by atoms with E-state index < -0.39 is 16.1 Å². The van der Waals surface area contributed by atoms with E-state index in [4.69, 9.17) is 0 Å². The number of aliphatic hydroxyl groups is 1. The molecule has 0 saturated carbocycles. The molecule has 0 saturated heterocycles. The van der Waals surface area contributed by atoms with Gasteiger partial charge in [0.1, 0.15) is 21.8 Å². The van der Waals surface area contributed by atoms with Crippen LogP contribution in [0, 0.1) is 0 Å². The van der Waals surface area contributed by atoms with E-state index in [1.807, 2.05) is 51.1 Å². The van der Waals surface area contributed by atoms with Crippen molar-refractivity contribution in [2.75, 3.05) is 0 Å². The first-order valence-corrected chi connectivity index (χ1v) is 11.2. The Kier molecular flexibility index (Phi) is 6.05. The summed E-state index contributed by atoms with van der Waals surface area (Å²) < 4.78 is 18.0. The average Bonchev–Trinajstić information content (AvgIpc) is 3.22. The van der Waals surface area contributed by atoms with Crippen molar-refractivity contribution in [2.45, 2.75) is 39.0 Å². The maximum absolute atomic E-state index is 12.4.